The minimum absolute atomic E-state index is 0.0741. The second kappa shape index (κ2) is 6.98. The number of carbonyl (C=O) groups excluding carboxylic acids is 1. The zero-order valence-electron chi connectivity index (χ0n) is 12.8. The molecule has 9 heteroatoms. The molecule has 0 spiro atoms. The van der Waals surface area contributed by atoms with Gasteiger partial charge in [0.05, 0.1) is 6.07 Å². The van der Waals surface area contributed by atoms with E-state index in [1.807, 2.05) is 24.3 Å². The Bertz CT molecular complexity index is 755. The maximum absolute atomic E-state index is 12.3. The first-order valence-electron chi connectivity index (χ1n) is 7.49. The summed E-state index contributed by atoms with van der Waals surface area (Å²) in [6.07, 6.45) is 0. The smallest absolute Gasteiger partial charge is 0.343 e. The molecule has 2 aromatic rings. The second-order valence-electron chi connectivity index (χ2n) is 5.59. The molecule has 2 heterocycles. The Hall–Kier alpha value is -2.45. The fraction of sp³-hybridized carbons (Fsp3) is 0.333. The van der Waals surface area contributed by atoms with Crippen molar-refractivity contribution < 1.29 is 9.72 Å². The summed E-state index contributed by atoms with van der Waals surface area (Å²) in [7, 11) is 0. The van der Waals surface area contributed by atoms with E-state index < -0.39 is 4.92 Å². The van der Waals surface area contributed by atoms with Crippen LogP contribution in [0.3, 0.4) is 0 Å². The van der Waals surface area contributed by atoms with Crippen LogP contribution in [0, 0.1) is 10.1 Å². The van der Waals surface area contributed by atoms with E-state index >= 15 is 0 Å². The molecular weight excluding hydrogens is 334 g/mol. The largest absolute Gasteiger partial charge is 0.358 e. The molecule has 1 aliphatic rings. The molecule has 0 unspecified atom stereocenters. The first kappa shape index (κ1) is 16.4. The van der Waals surface area contributed by atoms with Crippen LogP contribution in [-0.2, 0) is 6.54 Å². The molecule has 1 amide bonds. The number of hydrogen-bond acceptors (Lipinski definition) is 5. The number of nitrogens with one attached hydrogen (secondary N) is 1. The molecule has 1 N–H and O–H groups in total. The van der Waals surface area contributed by atoms with Gasteiger partial charge in [-0.15, -0.1) is 5.10 Å². The number of carbonyl (C=O) groups is 1. The first-order chi connectivity index (χ1) is 11.5. The predicted molar refractivity (Wildman–Crippen MR) is 87.9 cm³/mol. The van der Waals surface area contributed by atoms with Crippen LogP contribution in [0.4, 0.5) is 5.82 Å². The molecule has 0 aliphatic carbocycles. The average Bonchev–Trinajstić information content (AvgIpc) is 3.05. The van der Waals surface area contributed by atoms with Crippen LogP contribution in [0.2, 0.25) is 5.02 Å². The number of H-pyrrole nitrogens is 1. The summed E-state index contributed by atoms with van der Waals surface area (Å²) in [5.41, 5.74) is 1.20. The molecule has 3 rings (SSSR count). The van der Waals surface area contributed by atoms with E-state index in [2.05, 4.69) is 15.1 Å². The van der Waals surface area contributed by atoms with E-state index in [0.717, 1.165) is 25.2 Å². The zero-order valence-corrected chi connectivity index (χ0v) is 13.6. The minimum atomic E-state index is -0.604. The van der Waals surface area contributed by atoms with Crippen LogP contribution in [0.5, 0.6) is 0 Å². The lowest BCUT2D eigenvalue weighted by molar-refractivity contribution is -0.389. The number of piperazine rings is 1. The number of nitro groups is 1. The summed E-state index contributed by atoms with van der Waals surface area (Å²) in [6, 6.07) is 8.88. The molecular formula is C15H16ClN5O3. The summed E-state index contributed by atoms with van der Waals surface area (Å²) in [6.45, 7) is 3.34. The quantitative estimate of drug-likeness (QED) is 0.672. The zero-order chi connectivity index (χ0) is 17.1. The molecule has 0 radical (unpaired) electrons. The first-order valence-corrected chi connectivity index (χ1v) is 7.86. The van der Waals surface area contributed by atoms with Gasteiger partial charge in [-0.3, -0.25) is 9.69 Å². The Labute approximate surface area is 143 Å². The highest BCUT2D eigenvalue weighted by Gasteiger charge is 2.25. The van der Waals surface area contributed by atoms with Gasteiger partial charge in [-0.2, -0.15) is 0 Å². The number of halogens is 1. The lowest BCUT2D eigenvalue weighted by atomic mass is 10.2. The van der Waals surface area contributed by atoms with E-state index in [9.17, 15) is 14.9 Å². The molecule has 8 nitrogen and oxygen atoms in total. The molecule has 1 fully saturated rings. The lowest BCUT2D eigenvalue weighted by Crippen LogP contribution is -2.48. The Morgan fingerprint density at radius 2 is 2.04 bits per heavy atom. The van der Waals surface area contributed by atoms with Crippen molar-refractivity contribution in [3.63, 3.8) is 0 Å². The third-order valence-electron chi connectivity index (χ3n) is 3.93. The van der Waals surface area contributed by atoms with Gasteiger partial charge in [0, 0.05) is 37.7 Å². The van der Waals surface area contributed by atoms with Crippen molar-refractivity contribution >= 4 is 23.3 Å². The van der Waals surface area contributed by atoms with Crippen molar-refractivity contribution in [2.45, 2.75) is 6.54 Å². The molecule has 0 atom stereocenters. The molecule has 0 bridgehead atoms. The molecule has 1 aromatic carbocycles. The average molecular weight is 350 g/mol. The topological polar surface area (TPSA) is 95.4 Å². The predicted octanol–water partition coefficient (Wildman–Crippen LogP) is 1.93. The van der Waals surface area contributed by atoms with Gasteiger partial charge in [-0.05, 0) is 22.6 Å². The Balaban J connectivity index is 1.56. The van der Waals surface area contributed by atoms with Gasteiger partial charge in [-0.1, -0.05) is 28.8 Å². The highest BCUT2D eigenvalue weighted by atomic mass is 35.5. The van der Waals surface area contributed by atoms with Crippen molar-refractivity contribution in [2.24, 2.45) is 0 Å². The number of rotatable bonds is 4. The number of amides is 1. The molecule has 1 saturated heterocycles. The van der Waals surface area contributed by atoms with Gasteiger partial charge in [0.25, 0.3) is 5.91 Å². The number of benzene rings is 1. The Morgan fingerprint density at radius 1 is 1.29 bits per heavy atom. The van der Waals surface area contributed by atoms with E-state index in [1.54, 1.807) is 4.90 Å². The van der Waals surface area contributed by atoms with Crippen molar-refractivity contribution in [3.05, 3.63) is 56.7 Å². The van der Waals surface area contributed by atoms with Gasteiger partial charge < -0.3 is 15.0 Å². The number of hydrogen-bond donors (Lipinski definition) is 1. The van der Waals surface area contributed by atoms with Gasteiger partial charge in [0.2, 0.25) is 0 Å². The molecule has 1 aromatic heterocycles. The van der Waals surface area contributed by atoms with Crippen LogP contribution >= 0.6 is 11.6 Å². The number of aromatic nitrogens is 2. The van der Waals surface area contributed by atoms with Crippen LogP contribution in [-0.4, -0.2) is 57.0 Å². The summed E-state index contributed by atoms with van der Waals surface area (Å²) < 4.78 is 0. The molecule has 0 saturated carbocycles. The van der Waals surface area contributed by atoms with Crippen molar-refractivity contribution in [1.29, 1.82) is 0 Å². The SMILES string of the molecule is O=C(c1cc([N+](=O)[O-])[nH]n1)N1CCN(Cc2cccc(Cl)c2)CC1. The van der Waals surface area contributed by atoms with Crippen molar-refractivity contribution in [1.82, 2.24) is 20.0 Å². The standard InChI is InChI=1S/C15H16ClN5O3/c16-12-3-1-2-11(8-12)10-19-4-6-20(7-5-19)15(22)13-9-14(18-17-13)21(23)24/h1-3,8-9H,4-7,10H2,(H,17,18). The summed E-state index contributed by atoms with van der Waals surface area (Å²) >= 11 is 5.99. The third kappa shape index (κ3) is 3.72. The van der Waals surface area contributed by atoms with E-state index in [4.69, 9.17) is 11.6 Å². The van der Waals surface area contributed by atoms with E-state index in [0.29, 0.717) is 18.1 Å². The van der Waals surface area contributed by atoms with Gasteiger partial charge >= 0.3 is 5.82 Å². The van der Waals surface area contributed by atoms with Gasteiger partial charge in [0.15, 0.2) is 5.69 Å². The van der Waals surface area contributed by atoms with Crippen LogP contribution in [0.25, 0.3) is 0 Å². The Kier molecular flexibility index (Phi) is 4.77. The minimum Gasteiger partial charge on any atom is -0.358 e. The number of aromatic amines is 1. The van der Waals surface area contributed by atoms with Crippen LogP contribution < -0.4 is 0 Å². The maximum Gasteiger partial charge on any atom is 0.343 e. The lowest BCUT2D eigenvalue weighted by Gasteiger charge is -2.34. The van der Waals surface area contributed by atoms with E-state index in [1.165, 1.54) is 6.07 Å². The fourth-order valence-corrected chi connectivity index (χ4v) is 2.89. The fourth-order valence-electron chi connectivity index (χ4n) is 2.68. The van der Waals surface area contributed by atoms with Gasteiger partial charge in [-0.25, -0.2) is 0 Å². The van der Waals surface area contributed by atoms with E-state index in [-0.39, 0.29) is 17.4 Å². The highest BCUT2D eigenvalue weighted by Crippen LogP contribution is 2.15. The van der Waals surface area contributed by atoms with Crippen LogP contribution in [0.15, 0.2) is 30.3 Å². The maximum atomic E-state index is 12.3. The summed E-state index contributed by atoms with van der Waals surface area (Å²) in [4.78, 5) is 26.3. The molecule has 1 aliphatic heterocycles. The van der Waals surface area contributed by atoms with Gasteiger partial charge in [0.1, 0.15) is 0 Å². The van der Waals surface area contributed by atoms with Crippen LogP contribution in [0.1, 0.15) is 16.1 Å². The third-order valence-corrected chi connectivity index (χ3v) is 4.17. The highest BCUT2D eigenvalue weighted by molar-refractivity contribution is 6.30. The summed E-state index contributed by atoms with van der Waals surface area (Å²) in [5, 5.41) is 17.3. The number of nitrogens with zero attached hydrogens (tertiary/aromatic N) is 4. The summed E-state index contributed by atoms with van der Waals surface area (Å²) in [5.74, 6) is -0.570. The molecule has 24 heavy (non-hydrogen) atoms. The molecule has 126 valence electrons. The Morgan fingerprint density at radius 3 is 2.67 bits per heavy atom. The normalized spacial score (nSPS) is 15.5. The van der Waals surface area contributed by atoms with Crippen molar-refractivity contribution in [3.8, 4) is 0 Å². The monoisotopic (exact) mass is 349 g/mol. The second-order valence-corrected chi connectivity index (χ2v) is 6.03. The van der Waals surface area contributed by atoms with Crippen molar-refractivity contribution in [2.75, 3.05) is 26.2 Å².